The van der Waals surface area contributed by atoms with E-state index in [-0.39, 0.29) is 11.6 Å². The minimum absolute atomic E-state index is 0.0554. The highest BCUT2D eigenvalue weighted by Crippen LogP contribution is 2.16. The van der Waals surface area contributed by atoms with Crippen molar-refractivity contribution < 1.29 is 9.18 Å². The molecular weight excluding hydrogens is 241 g/mol. The molecule has 0 fully saturated rings. The van der Waals surface area contributed by atoms with Crippen LogP contribution in [0.2, 0.25) is 0 Å². The lowest BCUT2D eigenvalue weighted by atomic mass is 9.99. The first-order valence-corrected chi connectivity index (χ1v) is 6.33. The first kappa shape index (κ1) is 13.4. The molecule has 1 aromatic carbocycles. The maximum Gasteiger partial charge on any atom is 0.160 e. The molecule has 98 valence electrons. The lowest BCUT2D eigenvalue weighted by molar-refractivity contribution is 0.101. The summed E-state index contributed by atoms with van der Waals surface area (Å²) in [7, 11) is 0. The Bertz CT molecular complexity index is 590. The summed E-state index contributed by atoms with van der Waals surface area (Å²) in [4.78, 5) is 15.9. The van der Waals surface area contributed by atoms with Crippen LogP contribution in [0.1, 0.15) is 41.0 Å². The average Bonchev–Trinajstić information content (AvgIpc) is 2.39. The van der Waals surface area contributed by atoms with Gasteiger partial charge in [0.2, 0.25) is 0 Å². The van der Waals surface area contributed by atoms with E-state index in [4.69, 9.17) is 0 Å². The number of benzene rings is 1. The number of Topliss-reactive ketones (excluding diaryl/α,β-unsaturated/α-hetero) is 1. The van der Waals surface area contributed by atoms with Crippen LogP contribution in [0.25, 0.3) is 0 Å². The Morgan fingerprint density at radius 1 is 1.26 bits per heavy atom. The van der Waals surface area contributed by atoms with Crippen molar-refractivity contribution in [2.75, 3.05) is 0 Å². The number of nitrogens with zero attached hydrogens (tertiary/aromatic N) is 1. The Labute approximate surface area is 112 Å². The van der Waals surface area contributed by atoms with E-state index in [1.54, 1.807) is 0 Å². The molecule has 0 radical (unpaired) electrons. The molecule has 0 saturated heterocycles. The second-order valence-corrected chi connectivity index (χ2v) is 4.55. The molecule has 0 amide bonds. The van der Waals surface area contributed by atoms with Crippen LogP contribution in [0.4, 0.5) is 4.39 Å². The molecule has 2 aromatic rings. The Balaban J connectivity index is 2.31. The van der Waals surface area contributed by atoms with Crippen molar-refractivity contribution in [2.24, 2.45) is 0 Å². The number of carbonyl (C=O) groups is 1. The summed E-state index contributed by atoms with van der Waals surface area (Å²) in [6.07, 6.45) is 3.23. The molecule has 0 aliphatic carbocycles. The third-order valence-corrected chi connectivity index (χ3v) is 3.11. The van der Waals surface area contributed by atoms with Gasteiger partial charge < -0.3 is 0 Å². The number of hydrogen-bond donors (Lipinski definition) is 0. The molecule has 0 bridgehead atoms. The number of hydrogen-bond acceptors (Lipinski definition) is 2. The molecule has 1 heterocycles. The van der Waals surface area contributed by atoms with Crippen molar-refractivity contribution in [3.05, 3.63) is 64.7 Å². The molecular formula is C16H16FNO. The molecule has 0 aliphatic rings. The van der Waals surface area contributed by atoms with E-state index in [9.17, 15) is 9.18 Å². The average molecular weight is 257 g/mol. The quantitative estimate of drug-likeness (QED) is 0.784. The lowest BCUT2D eigenvalue weighted by Gasteiger charge is -2.07. The standard InChI is InChI=1S/C16H16FNO/c1-3-12-4-6-15(18-10-12)9-13-8-14(17)5-7-16(13)11(2)19/h4-8,10H,3,9H2,1-2H3. The maximum atomic E-state index is 13.3. The Kier molecular flexibility index (Phi) is 4.05. The number of carbonyl (C=O) groups excluding carboxylic acids is 1. The topological polar surface area (TPSA) is 30.0 Å². The number of aromatic nitrogens is 1. The fourth-order valence-corrected chi connectivity index (χ4v) is 2.02. The predicted molar refractivity (Wildman–Crippen MR) is 72.8 cm³/mol. The molecule has 0 saturated carbocycles. The van der Waals surface area contributed by atoms with Gasteiger partial charge in [-0.2, -0.15) is 0 Å². The van der Waals surface area contributed by atoms with Crippen LogP contribution < -0.4 is 0 Å². The third kappa shape index (κ3) is 3.25. The number of halogens is 1. The zero-order valence-corrected chi connectivity index (χ0v) is 11.1. The minimum atomic E-state index is -0.329. The monoisotopic (exact) mass is 257 g/mol. The highest BCUT2D eigenvalue weighted by Gasteiger charge is 2.09. The van der Waals surface area contributed by atoms with E-state index in [0.29, 0.717) is 17.5 Å². The van der Waals surface area contributed by atoms with Gasteiger partial charge in [-0.05, 0) is 48.7 Å². The number of rotatable bonds is 4. The molecule has 2 nitrogen and oxygen atoms in total. The fraction of sp³-hybridized carbons (Fsp3) is 0.250. The molecule has 0 spiro atoms. The van der Waals surface area contributed by atoms with Crippen LogP contribution in [-0.4, -0.2) is 10.8 Å². The normalized spacial score (nSPS) is 10.5. The molecule has 0 atom stereocenters. The van der Waals surface area contributed by atoms with Crippen molar-refractivity contribution in [3.63, 3.8) is 0 Å². The molecule has 0 N–H and O–H groups in total. The third-order valence-electron chi connectivity index (χ3n) is 3.11. The summed E-state index contributed by atoms with van der Waals surface area (Å²) < 4.78 is 13.3. The molecule has 19 heavy (non-hydrogen) atoms. The van der Waals surface area contributed by atoms with Gasteiger partial charge in [0.1, 0.15) is 5.82 Å². The second-order valence-electron chi connectivity index (χ2n) is 4.55. The van der Waals surface area contributed by atoms with Crippen LogP contribution in [0.5, 0.6) is 0 Å². The largest absolute Gasteiger partial charge is 0.295 e. The Hall–Kier alpha value is -2.03. The molecule has 0 unspecified atom stereocenters. The highest BCUT2D eigenvalue weighted by molar-refractivity contribution is 5.95. The number of pyridine rings is 1. The van der Waals surface area contributed by atoms with Gasteiger partial charge in [-0.3, -0.25) is 9.78 Å². The van der Waals surface area contributed by atoms with E-state index in [1.165, 1.54) is 25.1 Å². The summed E-state index contributed by atoms with van der Waals surface area (Å²) in [6.45, 7) is 3.56. The lowest BCUT2D eigenvalue weighted by Crippen LogP contribution is -2.02. The summed E-state index contributed by atoms with van der Waals surface area (Å²) in [5.74, 6) is -0.384. The van der Waals surface area contributed by atoms with Gasteiger partial charge >= 0.3 is 0 Å². The van der Waals surface area contributed by atoms with Crippen molar-refractivity contribution in [1.29, 1.82) is 0 Å². The zero-order chi connectivity index (χ0) is 13.8. The van der Waals surface area contributed by atoms with E-state index in [1.807, 2.05) is 18.3 Å². The second kappa shape index (κ2) is 5.74. The minimum Gasteiger partial charge on any atom is -0.295 e. The van der Waals surface area contributed by atoms with Crippen LogP contribution in [0.15, 0.2) is 36.5 Å². The van der Waals surface area contributed by atoms with Crippen molar-refractivity contribution in [3.8, 4) is 0 Å². The Morgan fingerprint density at radius 2 is 2.05 bits per heavy atom. The summed E-state index contributed by atoms with van der Waals surface area (Å²) in [5, 5.41) is 0. The first-order valence-electron chi connectivity index (χ1n) is 6.33. The summed E-state index contributed by atoms with van der Waals surface area (Å²) in [6, 6.07) is 8.19. The van der Waals surface area contributed by atoms with E-state index in [2.05, 4.69) is 11.9 Å². The van der Waals surface area contributed by atoms with E-state index in [0.717, 1.165) is 17.7 Å². The predicted octanol–water partition coefficient (Wildman–Crippen LogP) is 3.58. The van der Waals surface area contributed by atoms with Gasteiger partial charge in [-0.1, -0.05) is 13.0 Å². The molecule has 1 aromatic heterocycles. The van der Waals surface area contributed by atoms with E-state index < -0.39 is 0 Å². The van der Waals surface area contributed by atoms with Crippen LogP contribution in [0.3, 0.4) is 0 Å². The van der Waals surface area contributed by atoms with Crippen molar-refractivity contribution in [1.82, 2.24) is 4.98 Å². The molecule has 3 heteroatoms. The number of aryl methyl sites for hydroxylation is 1. The van der Waals surface area contributed by atoms with Gasteiger partial charge in [0.25, 0.3) is 0 Å². The zero-order valence-electron chi connectivity index (χ0n) is 11.1. The fourth-order valence-electron chi connectivity index (χ4n) is 2.02. The Morgan fingerprint density at radius 3 is 2.63 bits per heavy atom. The van der Waals surface area contributed by atoms with Crippen LogP contribution >= 0.6 is 0 Å². The van der Waals surface area contributed by atoms with Gasteiger partial charge in [0.15, 0.2) is 5.78 Å². The SMILES string of the molecule is CCc1ccc(Cc2cc(F)ccc2C(C)=O)nc1. The van der Waals surface area contributed by atoms with Gasteiger partial charge in [-0.15, -0.1) is 0 Å². The van der Waals surface area contributed by atoms with Crippen LogP contribution in [0, 0.1) is 5.82 Å². The van der Waals surface area contributed by atoms with Gasteiger partial charge in [-0.25, -0.2) is 4.39 Å². The highest BCUT2D eigenvalue weighted by atomic mass is 19.1. The smallest absolute Gasteiger partial charge is 0.160 e. The maximum absolute atomic E-state index is 13.3. The van der Waals surface area contributed by atoms with Crippen molar-refractivity contribution >= 4 is 5.78 Å². The van der Waals surface area contributed by atoms with Crippen molar-refractivity contribution in [2.45, 2.75) is 26.7 Å². The molecule has 0 aliphatic heterocycles. The van der Waals surface area contributed by atoms with Crippen LogP contribution in [-0.2, 0) is 12.8 Å². The first-order chi connectivity index (χ1) is 9.10. The summed E-state index contributed by atoms with van der Waals surface area (Å²) in [5.41, 5.74) is 3.24. The van der Waals surface area contributed by atoms with Gasteiger partial charge in [0, 0.05) is 23.9 Å². The summed E-state index contributed by atoms with van der Waals surface area (Å²) >= 11 is 0. The van der Waals surface area contributed by atoms with E-state index >= 15 is 0 Å². The molecule has 2 rings (SSSR count). The number of ketones is 1. The van der Waals surface area contributed by atoms with Gasteiger partial charge in [0.05, 0.1) is 0 Å².